The van der Waals surface area contributed by atoms with Crippen LogP contribution < -0.4 is 5.32 Å². The van der Waals surface area contributed by atoms with Crippen LogP contribution in [-0.2, 0) is 17.8 Å². The van der Waals surface area contributed by atoms with Crippen molar-refractivity contribution < 1.29 is 9.32 Å². The van der Waals surface area contributed by atoms with Crippen molar-refractivity contribution in [2.75, 3.05) is 0 Å². The van der Waals surface area contributed by atoms with Crippen LogP contribution in [0.1, 0.15) is 21.3 Å². The average molecular weight is 405 g/mol. The zero-order valence-corrected chi connectivity index (χ0v) is 16.9. The van der Waals surface area contributed by atoms with Gasteiger partial charge in [0.1, 0.15) is 0 Å². The van der Waals surface area contributed by atoms with E-state index in [0.29, 0.717) is 11.7 Å². The molecular weight excluding hydrogens is 386 g/mol. The van der Waals surface area contributed by atoms with Gasteiger partial charge < -0.3 is 9.84 Å². The standard InChI is InChI=1S/C21H19N5O2S/c1-13-3-5-15(6-4-13)20-17(29-14(2)24-20)11-18(27)23-12-19-25-21(26-28-19)16-7-9-22-10-8-16/h3-10H,11-12H2,1-2H3,(H,23,27). The number of aromatic nitrogens is 4. The number of hydrogen-bond acceptors (Lipinski definition) is 7. The third kappa shape index (κ3) is 4.55. The number of nitrogens with zero attached hydrogens (tertiary/aromatic N) is 4. The lowest BCUT2D eigenvalue weighted by Crippen LogP contribution is -2.24. The molecule has 0 fully saturated rings. The van der Waals surface area contributed by atoms with Gasteiger partial charge in [-0.3, -0.25) is 9.78 Å². The van der Waals surface area contributed by atoms with Gasteiger partial charge in [0.25, 0.3) is 0 Å². The van der Waals surface area contributed by atoms with Crippen LogP contribution in [0.25, 0.3) is 22.6 Å². The Kier molecular flexibility index (Phi) is 5.44. The number of rotatable bonds is 6. The Labute approximate surface area is 171 Å². The molecule has 0 saturated carbocycles. The van der Waals surface area contributed by atoms with Gasteiger partial charge in [0.15, 0.2) is 0 Å². The van der Waals surface area contributed by atoms with E-state index in [-0.39, 0.29) is 18.9 Å². The quantitative estimate of drug-likeness (QED) is 0.525. The third-order valence-electron chi connectivity index (χ3n) is 4.29. The van der Waals surface area contributed by atoms with Gasteiger partial charge in [-0.05, 0) is 26.0 Å². The highest BCUT2D eigenvalue weighted by atomic mass is 32.1. The van der Waals surface area contributed by atoms with Gasteiger partial charge in [0, 0.05) is 28.4 Å². The van der Waals surface area contributed by atoms with E-state index in [9.17, 15) is 4.79 Å². The molecule has 0 radical (unpaired) electrons. The van der Waals surface area contributed by atoms with E-state index < -0.39 is 0 Å². The number of pyridine rings is 1. The second-order valence-electron chi connectivity index (χ2n) is 6.57. The molecule has 0 aliphatic heterocycles. The Balaban J connectivity index is 1.41. The van der Waals surface area contributed by atoms with Crippen molar-refractivity contribution in [3.05, 3.63) is 70.1 Å². The van der Waals surface area contributed by atoms with Crippen LogP contribution >= 0.6 is 11.3 Å². The largest absolute Gasteiger partial charge is 0.347 e. The molecule has 0 spiro atoms. The minimum Gasteiger partial charge on any atom is -0.347 e. The number of aryl methyl sites for hydroxylation is 2. The maximum Gasteiger partial charge on any atom is 0.246 e. The molecule has 1 N–H and O–H groups in total. The minimum atomic E-state index is -0.120. The summed E-state index contributed by atoms with van der Waals surface area (Å²) in [5.41, 5.74) is 3.87. The monoisotopic (exact) mass is 405 g/mol. The SMILES string of the molecule is Cc1ccc(-c2nc(C)sc2CC(=O)NCc2nc(-c3ccncc3)no2)cc1. The molecule has 0 aliphatic carbocycles. The first-order valence-corrected chi connectivity index (χ1v) is 9.93. The third-order valence-corrected chi connectivity index (χ3v) is 5.26. The maximum atomic E-state index is 12.5. The summed E-state index contributed by atoms with van der Waals surface area (Å²) in [6, 6.07) is 11.8. The Morgan fingerprint density at radius 2 is 1.79 bits per heavy atom. The second kappa shape index (κ2) is 8.32. The van der Waals surface area contributed by atoms with Crippen LogP contribution in [0.15, 0.2) is 53.3 Å². The van der Waals surface area contributed by atoms with Gasteiger partial charge in [-0.2, -0.15) is 4.98 Å². The first-order valence-electron chi connectivity index (χ1n) is 9.11. The summed E-state index contributed by atoms with van der Waals surface area (Å²) in [4.78, 5) is 26.3. The molecule has 1 amide bonds. The van der Waals surface area contributed by atoms with Gasteiger partial charge in [-0.1, -0.05) is 35.0 Å². The van der Waals surface area contributed by atoms with E-state index in [2.05, 4.69) is 25.4 Å². The number of carbonyl (C=O) groups excluding carboxylic acids is 1. The summed E-state index contributed by atoms with van der Waals surface area (Å²) in [6.45, 7) is 4.17. The van der Waals surface area contributed by atoms with Crippen LogP contribution in [0.5, 0.6) is 0 Å². The topological polar surface area (TPSA) is 93.8 Å². The smallest absolute Gasteiger partial charge is 0.246 e. The molecule has 4 aromatic rings. The molecule has 3 aromatic heterocycles. The lowest BCUT2D eigenvalue weighted by Gasteiger charge is -2.04. The van der Waals surface area contributed by atoms with Gasteiger partial charge in [0.05, 0.1) is 23.7 Å². The fourth-order valence-corrected chi connectivity index (χ4v) is 3.81. The fraction of sp³-hybridized carbons (Fsp3) is 0.190. The number of nitrogens with one attached hydrogen (secondary N) is 1. The van der Waals surface area contributed by atoms with Gasteiger partial charge in [-0.15, -0.1) is 11.3 Å². The predicted molar refractivity (Wildman–Crippen MR) is 110 cm³/mol. The highest BCUT2D eigenvalue weighted by molar-refractivity contribution is 7.12. The van der Waals surface area contributed by atoms with Gasteiger partial charge in [0.2, 0.25) is 17.6 Å². The molecule has 0 unspecified atom stereocenters. The highest BCUT2D eigenvalue weighted by Gasteiger charge is 2.16. The average Bonchev–Trinajstić information content (AvgIpc) is 3.34. The Morgan fingerprint density at radius 3 is 2.55 bits per heavy atom. The molecule has 8 heteroatoms. The molecule has 146 valence electrons. The molecule has 0 aliphatic rings. The summed E-state index contributed by atoms with van der Waals surface area (Å²) in [5, 5.41) is 7.71. The summed E-state index contributed by atoms with van der Waals surface area (Å²) >= 11 is 1.54. The Morgan fingerprint density at radius 1 is 1.03 bits per heavy atom. The highest BCUT2D eigenvalue weighted by Crippen LogP contribution is 2.28. The first-order chi connectivity index (χ1) is 14.1. The number of carbonyl (C=O) groups is 1. The molecule has 1 aromatic carbocycles. The van der Waals surface area contributed by atoms with Crippen LogP contribution in [0.3, 0.4) is 0 Å². The van der Waals surface area contributed by atoms with E-state index in [0.717, 1.165) is 26.7 Å². The summed E-state index contributed by atoms with van der Waals surface area (Å²) in [6.07, 6.45) is 3.58. The maximum absolute atomic E-state index is 12.5. The van der Waals surface area contributed by atoms with Crippen molar-refractivity contribution in [1.29, 1.82) is 0 Å². The van der Waals surface area contributed by atoms with Gasteiger partial charge >= 0.3 is 0 Å². The van der Waals surface area contributed by atoms with Crippen molar-refractivity contribution >= 4 is 17.2 Å². The van der Waals surface area contributed by atoms with Crippen LogP contribution in [0.2, 0.25) is 0 Å². The zero-order chi connectivity index (χ0) is 20.2. The zero-order valence-electron chi connectivity index (χ0n) is 16.0. The van der Waals surface area contributed by atoms with Crippen molar-refractivity contribution in [3.63, 3.8) is 0 Å². The van der Waals surface area contributed by atoms with Crippen molar-refractivity contribution in [1.82, 2.24) is 25.4 Å². The van der Waals surface area contributed by atoms with Crippen LogP contribution in [0, 0.1) is 13.8 Å². The second-order valence-corrected chi connectivity index (χ2v) is 7.86. The predicted octanol–water partition coefficient (Wildman–Crippen LogP) is 3.73. The Bertz CT molecular complexity index is 1120. The van der Waals surface area contributed by atoms with E-state index in [1.54, 1.807) is 24.5 Å². The van der Waals surface area contributed by atoms with Crippen LogP contribution in [0.4, 0.5) is 0 Å². The molecule has 29 heavy (non-hydrogen) atoms. The molecule has 7 nitrogen and oxygen atoms in total. The van der Waals surface area contributed by atoms with Crippen molar-refractivity contribution in [3.8, 4) is 22.6 Å². The Hall–Kier alpha value is -3.39. The molecular formula is C21H19N5O2S. The minimum absolute atomic E-state index is 0.120. The van der Waals surface area contributed by atoms with Crippen molar-refractivity contribution in [2.24, 2.45) is 0 Å². The van der Waals surface area contributed by atoms with E-state index in [4.69, 9.17) is 4.52 Å². The number of benzene rings is 1. The van der Waals surface area contributed by atoms with E-state index >= 15 is 0 Å². The number of thiazole rings is 1. The van der Waals surface area contributed by atoms with Crippen molar-refractivity contribution in [2.45, 2.75) is 26.8 Å². The summed E-state index contributed by atoms with van der Waals surface area (Å²) in [5.74, 6) is 0.700. The molecule has 0 saturated heterocycles. The summed E-state index contributed by atoms with van der Waals surface area (Å²) < 4.78 is 5.22. The summed E-state index contributed by atoms with van der Waals surface area (Å²) in [7, 11) is 0. The molecule has 3 heterocycles. The van der Waals surface area contributed by atoms with E-state index in [1.807, 2.05) is 38.1 Å². The fourth-order valence-electron chi connectivity index (χ4n) is 2.85. The van der Waals surface area contributed by atoms with E-state index in [1.165, 1.54) is 16.9 Å². The number of amides is 1. The first kappa shape index (κ1) is 18.9. The molecule has 0 atom stereocenters. The normalized spacial score (nSPS) is 10.8. The van der Waals surface area contributed by atoms with Crippen LogP contribution in [-0.4, -0.2) is 26.0 Å². The lowest BCUT2D eigenvalue weighted by molar-refractivity contribution is -0.120. The number of hydrogen-bond donors (Lipinski definition) is 1. The lowest BCUT2D eigenvalue weighted by atomic mass is 10.1. The van der Waals surface area contributed by atoms with Gasteiger partial charge in [-0.25, -0.2) is 4.98 Å². The molecule has 4 rings (SSSR count). The molecule has 0 bridgehead atoms.